The summed E-state index contributed by atoms with van der Waals surface area (Å²) >= 11 is 0. The molecule has 0 amide bonds. The first-order chi connectivity index (χ1) is 11.0. The van der Waals surface area contributed by atoms with Crippen molar-refractivity contribution in [3.05, 3.63) is 78.1 Å². The lowest BCUT2D eigenvalue weighted by Crippen LogP contribution is -2.15. The van der Waals surface area contributed by atoms with E-state index in [2.05, 4.69) is 9.82 Å². The van der Waals surface area contributed by atoms with E-state index in [1.165, 1.54) is 0 Å². The maximum absolute atomic E-state index is 12.2. The molecule has 23 heavy (non-hydrogen) atoms. The highest BCUT2D eigenvalue weighted by atomic mass is 32.2. The second kappa shape index (κ2) is 6.26. The summed E-state index contributed by atoms with van der Waals surface area (Å²) in [7, 11) is -3.44. The third kappa shape index (κ3) is 3.98. The van der Waals surface area contributed by atoms with Crippen LogP contribution in [0.25, 0.3) is 5.69 Å². The zero-order chi connectivity index (χ0) is 16.3. The molecule has 1 aromatic heterocycles. The van der Waals surface area contributed by atoms with Crippen LogP contribution in [0.3, 0.4) is 0 Å². The van der Waals surface area contributed by atoms with Crippen molar-refractivity contribution in [3.63, 3.8) is 0 Å². The van der Waals surface area contributed by atoms with Crippen LogP contribution in [0, 0.1) is 6.92 Å². The van der Waals surface area contributed by atoms with E-state index < -0.39 is 10.0 Å². The van der Waals surface area contributed by atoms with Gasteiger partial charge in [-0.05, 0) is 42.8 Å². The number of hydrogen-bond donors (Lipinski definition) is 1. The Morgan fingerprint density at radius 3 is 2.35 bits per heavy atom. The highest BCUT2D eigenvalue weighted by Crippen LogP contribution is 2.16. The monoisotopic (exact) mass is 327 g/mol. The van der Waals surface area contributed by atoms with Crippen molar-refractivity contribution in [1.82, 2.24) is 9.78 Å². The molecule has 1 heterocycles. The van der Waals surface area contributed by atoms with Crippen LogP contribution in [0.15, 0.2) is 67.0 Å². The molecule has 118 valence electrons. The molecule has 5 nitrogen and oxygen atoms in total. The Labute approximate surface area is 135 Å². The van der Waals surface area contributed by atoms with Crippen molar-refractivity contribution in [2.24, 2.45) is 0 Å². The van der Waals surface area contributed by atoms with Crippen LogP contribution in [0.4, 0.5) is 5.69 Å². The summed E-state index contributed by atoms with van der Waals surface area (Å²) in [6, 6.07) is 16.4. The average molecular weight is 327 g/mol. The lowest BCUT2D eigenvalue weighted by atomic mass is 10.2. The van der Waals surface area contributed by atoms with Gasteiger partial charge in [0, 0.05) is 18.1 Å². The topological polar surface area (TPSA) is 64.0 Å². The van der Waals surface area contributed by atoms with E-state index in [9.17, 15) is 8.42 Å². The maximum atomic E-state index is 12.2. The number of nitrogens with zero attached hydrogens (tertiary/aromatic N) is 2. The second-order valence-corrected chi connectivity index (χ2v) is 7.07. The van der Waals surface area contributed by atoms with Crippen LogP contribution in [-0.2, 0) is 15.8 Å². The Morgan fingerprint density at radius 2 is 1.74 bits per heavy atom. The molecule has 0 aliphatic rings. The molecule has 2 aromatic carbocycles. The maximum Gasteiger partial charge on any atom is 0.236 e. The summed E-state index contributed by atoms with van der Waals surface area (Å²) in [5, 5.41) is 4.13. The SMILES string of the molecule is Cc1ccc(CS(=O)(=O)Nc2ccc(-n3cccn3)cc2)cc1. The molecule has 3 aromatic rings. The normalized spacial score (nSPS) is 11.3. The molecule has 0 saturated carbocycles. The molecule has 3 rings (SSSR count). The van der Waals surface area contributed by atoms with Gasteiger partial charge in [0.1, 0.15) is 0 Å². The smallest absolute Gasteiger partial charge is 0.236 e. The number of benzene rings is 2. The molecule has 0 aliphatic heterocycles. The number of sulfonamides is 1. The van der Waals surface area contributed by atoms with Crippen LogP contribution < -0.4 is 4.72 Å². The minimum atomic E-state index is -3.44. The Balaban J connectivity index is 1.71. The Morgan fingerprint density at radius 1 is 1.04 bits per heavy atom. The summed E-state index contributed by atoms with van der Waals surface area (Å²) in [6.45, 7) is 1.97. The predicted octanol–water partition coefficient (Wildman–Crippen LogP) is 3.12. The Hall–Kier alpha value is -2.60. The number of anilines is 1. The van der Waals surface area contributed by atoms with E-state index in [1.807, 2.05) is 55.6 Å². The van der Waals surface area contributed by atoms with Gasteiger partial charge in [-0.15, -0.1) is 0 Å². The van der Waals surface area contributed by atoms with E-state index in [1.54, 1.807) is 23.0 Å². The van der Waals surface area contributed by atoms with Gasteiger partial charge in [-0.3, -0.25) is 4.72 Å². The van der Waals surface area contributed by atoms with Crippen molar-refractivity contribution in [1.29, 1.82) is 0 Å². The fourth-order valence-corrected chi connectivity index (χ4v) is 3.42. The minimum Gasteiger partial charge on any atom is -0.283 e. The molecule has 0 atom stereocenters. The first-order valence-electron chi connectivity index (χ1n) is 7.18. The third-order valence-corrected chi connectivity index (χ3v) is 4.65. The van der Waals surface area contributed by atoms with Gasteiger partial charge in [0.15, 0.2) is 0 Å². The lowest BCUT2D eigenvalue weighted by molar-refractivity contribution is 0.600. The molecule has 0 unspecified atom stereocenters. The highest BCUT2D eigenvalue weighted by Gasteiger charge is 2.11. The number of nitrogens with one attached hydrogen (secondary N) is 1. The summed E-state index contributed by atoms with van der Waals surface area (Å²) in [5.41, 5.74) is 3.27. The molecular weight excluding hydrogens is 310 g/mol. The molecular formula is C17H17N3O2S. The van der Waals surface area contributed by atoms with Gasteiger partial charge < -0.3 is 0 Å². The van der Waals surface area contributed by atoms with Crippen LogP contribution in [0.5, 0.6) is 0 Å². The van der Waals surface area contributed by atoms with Crippen LogP contribution >= 0.6 is 0 Å². The van der Waals surface area contributed by atoms with Crippen molar-refractivity contribution < 1.29 is 8.42 Å². The van der Waals surface area contributed by atoms with E-state index in [0.717, 1.165) is 16.8 Å². The van der Waals surface area contributed by atoms with Gasteiger partial charge in [0.2, 0.25) is 10.0 Å². The van der Waals surface area contributed by atoms with Gasteiger partial charge in [-0.1, -0.05) is 29.8 Å². The van der Waals surface area contributed by atoms with Crippen LogP contribution in [0.2, 0.25) is 0 Å². The highest BCUT2D eigenvalue weighted by molar-refractivity contribution is 7.91. The predicted molar refractivity (Wildman–Crippen MR) is 91.0 cm³/mol. The largest absolute Gasteiger partial charge is 0.283 e. The van der Waals surface area contributed by atoms with Gasteiger partial charge in [0.05, 0.1) is 11.4 Å². The molecule has 0 bridgehead atoms. The van der Waals surface area contributed by atoms with Crippen LogP contribution in [-0.4, -0.2) is 18.2 Å². The molecule has 1 N–H and O–H groups in total. The number of hydrogen-bond acceptors (Lipinski definition) is 3. The molecule has 0 aliphatic carbocycles. The molecule has 0 fully saturated rings. The molecule has 0 spiro atoms. The standard InChI is InChI=1S/C17H17N3O2S/c1-14-3-5-15(6-4-14)13-23(21,22)19-16-7-9-17(10-8-16)20-12-2-11-18-20/h2-12,19H,13H2,1H3. The molecule has 6 heteroatoms. The quantitative estimate of drug-likeness (QED) is 0.783. The van der Waals surface area contributed by atoms with Crippen molar-refractivity contribution in [2.45, 2.75) is 12.7 Å². The number of rotatable bonds is 5. The minimum absolute atomic E-state index is 0.0474. The zero-order valence-electron chi connectivity index (χ0n) is 12.7. The van der Waals surface area contributed by atoms with Crippen molar-refractivity contribution >= 4 is 15.7 Å². The second-order valence-electron chi connectivity index (χ2n) is 5.34. The average Bonchev–Trinajstić information content (AvgIpc) is 3.04. The van der Waals surface area contributed by atoms with E-state index >= 15 is 0 Å². The Kier molecular flexibility index (Phi) is 4.16. The van der Waals surface area contributed by atoms with E-state index in [4.69, 9.17) is 0 Å². The first kappa shape index (κ1) is 15.3. The Bertz CT molecular complexity index is 869. The fraction of sp³-hybridized carbons (Fsp3) is 0.118. The van der Waals surface area contributed by atoms with Gasteiger partial charge in [-0.2, -0.15) is 5.10 Å². The van der Waals surface area contributed by atoms with Crippen molar-refractivity contribution in [3.8, 4) is 5.69 Å². The van der Waals surface area contributed by atoms with Gasteiger partial charge >= 0.3 is 0 Å². The fourth-order valence-electron chi connectivity index (χ4n) is 2.22. The first-order valence-corrected chi connectivity index (χ1v) is 8.83. The lowest BCUT2D eigenvalue weighted by Gasteiger charge is -2.09. The van der Waals surface area contributed by atoms with Crippen LogP contribution in [0.1, 0.15) is 11.1 Å². The zero-order valence-corrected chi connectivity index (χ0v) is 13.5. The summed E-state index contributed by atoms with van der Waals surface area (Å²) in [4.78, 5) is 0. The molecule has 0 saturated heterocycles. The van der Waals surface area contributed by atoms with E-state index in [0.29, 0.717) is 5.69 Å². The van der Waals surface area contributed by atoms with Crippen molar-refractivity contribution in [2.75, 3.05) is 4.72 Å². The summed E-state index contributed by atoms with van der Waals surface area (Å²) in [5.74, 6) is -0.0474. The van der Waals surface area contributed by atoms with E-state index in [-0.39, 0.29) is 5.75 Å². The summed E-state index contributed by atoms with van der Waals surface area (Å²) in [6.07, 6.45) is 3.52. The summed E-state index contributed by atoms with van der Waals surface area (Å²) < 4.78 is 28.8. The van der Waals surface area contributed by atoms with Gasteiger partial charge in [-0.25, -0.2) is 13.1 Å². The number of aryl methyl sites for hydroxylation is 1. The van der Waals surface area contributed by atoms with Gasteiger partial charge in [0.25, 0.3) is 0 Å². The third-order valence-electron chi connectivity index (χ3n) is 3.39. The number of aromatic nitrogens is 2. The molecule has 0 radical (unpaired) electrons.